The van der Waals surface area contributed by atoms with Crippen LogP contribution < -0.4 is 10.6 Å². The Morgan fingerprint density at radius 2 is 1.72 bits per heavy atom. The molecule has 0 aliphatic carbocycles. The summed E-state index contributed by atoms with van der Waals surface area (Å²) in [6, 6.07) is -1.57. The molecule has 0 heterocycles. The number of carboxylic acid groups (broad SMARTS) is 1. The molecule has 0 aliphatic rings. The summed E-state index contributed by atoms with van der Waals surface area (Å²) in [4.78, 5) is 22.4. The van der Waals surface area contributed by atoms with Crippen LogP contribution >= 0.6 is 0 Å². The van der Waals surface area contributed by atoms with Gasteiger partial charge in [0.15, 0.2) is 0 Å². The molecule has 0 aliphatic heterocycles. The molecule has 0 saturated heterocycles. The second-order valence-electron chi connectivity index (χ2n) is 4.39. The number of urea groups is 1. The van der Waals surface area contributed by atoms with Crippen LogP contribution in [0, 0.1) is 5.92 Å². The van der Waals surface area contributed by atoms with Crippen LogP contribution in [-0.2, 0) is 4.79 Å². The molecule has 0 aromatic heterocycles. The molecule has 0 bridgehead atoms. The van der Waals surface area contributed by atoms with Gasteiger partial charge in [0.1, 0.15) is 6.04 Å². The summed E-state index contributed by atoms with van der Waals surface area (Å²) in [5.74, 6) is -0.772. The van der Waals surface area contributed by atoms with Gasteiger partial charge in [-0.25, -0.2) is 9.59 Å². The van der Waals surface area contributed by atoms with E-state index in [0.717, 1.165) is 12.8 Å². The second kappa shape index (κ2) is 8.74. The maximum Gasteiger partial charge on any atom is 0.326 e. The second-order valence-corrected chi connectivity index (χ2v) is 4.39. The highest BCUT2D eigenvalue weighted by Gasteiger charge is 2.21. The van der Waals surface area contributed by atoms with Crippen molar-refractivity contribution in [2.24, 2.45) is 5.92 Å². The summed E-state index contributed by atoms with van der Waals surface area (Å²) in [6.45, 7) is 5.73. The molecule has 0 saturated carbocycles. The Hall–Kier alpha value is -1.30. The molecule has 106 valence electrons. The molecule has 0 fully saturated rings. The zero-order valence-corrected chi connectivity index (χ0v) is 11.3. The average molecular weight is 260 g/mol. The standard InChI is InChI=1S/C12H24N2O4/c1-4-9(5-2)8(3)13-12(18)14-10(6-7-15)11(16)17/h8-10,15H,4-7H2,1-3H3,(H,16,17)(H2,13,14,18). The van der Waals surface area contributed by atoms with Crippen molar-refractivity contribution in [3.63, 3.8) is 0 Å². The summed E-state index contributed by atoms with van der Waals surface area (Å²) >= 11 is 0. The fourth-order valence-electron chi connectivity index (χ4n) is 1.91. The molecule has 4 N–H and O–H groups in total. The molecule has 0 radical (unpaired) electrons. The summed E-state index contributed by atoms with van der Waals surface area (Å²) in [7, 11) is 0. The van der Waals surface area contributed by atoms with E-state index in [2.05, 4.69) is 24.5 Å². The van der Waals surface area contributed by atoms with E-state index >= 15 is 0 Å². The lowest BCUT2D eigenvalue weighted by atomic mass is 9.96. The lowest BCUT2D eigenvalue weighted by Crippen LogP contribution is -2.50. The van der Waals surface area contributed by atoms with Gasteiger partial charge in [0.05, 0.1) is 0 Å². The van der Waals surface area contributed by atoms with Crippen LogP contribution in [0.15, 0.2) is 0 Å². The van der Waals surface area contributed by atoms with Crippen LogP contribution in [0.2, 0.25) is 0 Å². The number of rotatable bonds is 8. The lowest BCUT2D eigenvalue weighted by molar-refractivity contribution is -0.139. The van der Waals surface area contributed by atoms with Crippen LogP contribution in [-0.4, -0.2) is 40.9 Å². The van der Waals surface area contributed by atoms with Crippen molar-refractivity contribution in [1.29, 1.82) is 0 Å². The Bertz CT molecular complexity index is 267. The average Bonchev–Trinajstić information content (AvgIpc) is 2.29. The molecule has 0 spiro atoms. The van der Waals surface area contributed by atoms with E-state index in [1.807, 2.05) is 6.92 Å². The summed E-state index contributed by atoms with van der Waals surface area (Å²) in [5, 5.41) is 22.6. The van der Waals surface area contributed by atoms with Gasteiger partial charge in [-0.1, -0.05) is 26.7 Å². The molecular weight excluding hydrogens is 236 g/mol. The quantitative estimate of drug-likeness (QED) is 0.522. The summed E-state index contributed by atoms with van der Waals surface area (Å²) in [6.07, 6.45) is 1.91. The SMILES string of the molecule is CCC(CC)C(C)NC(=O)NC(CCO)C(=O)O. The highest BCUT2D eigenvalue weighted by Crippen LogP contribution is 2.12. The normalized spacial score (nSPS) is 14.1. The maximum absolute atomic E-state index is 11.6. The van der Waals surface area contributed by atoms with Gasteiger partial charge in [-0.3, -0.25) is 0 Å². The number of hydrogen-bond donors (Lipinski definition) is 4. The fourth-order valence-corrected chi connectivity index (χ4v) is 1.91. The number of carbonyl (C=O) groups excluding carboxylic acids is 1. The smallest absolute Gasteiger partial charge is 0.326 e. The minimum absolute atomic E-state index is 0.00210. The van der Waals surface area contributed by atoms with E-state index in [4.69, 9.17) is 10.2 Å². The fraction of sp³-hybridized carbons (Fsp3) is 0.833. The molecule has 0 aromatic carbocycles. The first kappa shape index (κ1) is 16.7. The van der Waals surface area contributed by atoms with E-state index in [1.54, 1.807) is 0 Å². The first-order valence-electron chi connectivity index (χ1n) is 6.36. The van der Waals surface area contributed by atoms with E-state index in [-0.39, 0.29) is 19.1 Å². The number of carbonyl (C=O) groups is 2. The zero-order chi connectivity index (χ0) is 14.1. The predicted molar refractivity (Wildman–Crippen MR) is 68.3 cm³/mol. The molecule has 0 rings (SSSR count). The Morgan fingerprint density at radius 3 is 2.11 bits per heavy atom. The van der Waals surface area contributed by atoms with Crippen LogP contribution in [0.3, 0.4) is 0 Å². The minimum atomic E-state index is -1.14. The third-order valence-corrected chi connectivity index (χ3v) is 3.14. The van der Waals surface area contributed by atoms with Gasteiger partial charge in [-0.15, -0.1) is 0 Å². The van der Waals surface area contributed by atoms with E-state index in [9.17, 15) is 9.59 Å². The highest BCUT2D eigenvalue weighted by molar-refractivity contribution is 5.82. The van der Waals surface area contributed by atoms with E-state index < -0.39 is 18.0 Å². The third kappa shape index (κ3) is 5.86. The van der Waals surface area contributed by atoms with Crippen LogP contribution in [0.1, 0.15) is 40.0 Å². The largest absolute Gasteiger partial charge is 0.480 e. The third-order valence-electron chi connectivity index (χ3n) is 3.14. The summed E-state index contributed by atoms with van der Waals surface area (Å²) < 4.78 is 0. The van der Waals surface area contributed by atoms with Crippen molar-refractivity contribution in [1.82, 2.24) is 10.6 Å². The number of nitrogens with one attached hydrogen (secondary N) is 2. The maximum atomic E-state index is 11.6. The molecule has 2 unspecified atom stereocenters. The number of hydrogen-bond acceptors (Lipinski definition) is 3. The monoisotopic (exact) mass is 260 g/mol. The number of aliphatic hydroxyl groups is 1. The Kier molecular flexibility index (Phi) is 8.11. The Balaban J connectivity index is 4.27. The van der Waals surface area contributed by atoms with Crippen LogP contribution in [0.4, 0.5) is 4.79 Å². The molecular formula is C12H24N2O4. The van der Waals surface area contributed by atoms with Gasteiger partial charge < -0.3 is 20.8 Å². The molecule has 18 heavy (non-hydrogen) atoms. The van der Waals surface area contributed by atoms with Crippen molar-refractivity contribution in [3.8, 4) is 0 Å². The van der Waals surface area contributed by atoms with Crippen LogP contribution in [0.5, 0.6) is 0 Å². The molecule has 0 aromatic rings. The van der Waals surface area contributed by atoms with E-state index in [0.29, 0.717) is 5.92 Å². The molecule has 2 atom stereocenters. The molecule has 6 heteroatoms. The van der Waals surface area contributed by atoms with Crippen molar-refractivity contribution >= 4 is 12.0 Å². The summed E-state index contributed by atoms with van der Waals surface area (Å²) in [5.41, 5.74) is 0. The zero-order valence-electron chi connectivity index (χ0n) is 11.3. The van der Waals surface area contributed by atoms with Gasteiger partial charge in [0.2, 0.25) is 0 Å². The molecule has 6 nitrogen and oxygen atoms in total. The van der Waals surface area contributed by atoms with Gasteiger partial charge in [-0.2, -0.15) is 0 Å². The Labute approximate surface area is 108 Å². The van der Waals surface area contributed by atoms with Gasteiger partial charge in [0.25, 0.3) is 0 Å². The number of amides is 2. The van der Waals surface area contributed by atoms with Crippen molar-refractivity contribution in [3.05, 3.63) is 0 Å². The highest BCUT2D eigenvalue weighted by atomic mass is 16.4. The number of carboxylic acids is 1. The first-order chi connectivity index (χ1) is 8.46. The van der Waals surface area contributed by atoms with Crippen molar-refractivity contribution in [2.75, 3.05) is 6.61 Å². The van der Waals surface area contributed by atoms with Crippen molar-refractivity contribution < 1.29 is 19.8 Å². The topological polar surface area (TPSA) is 98.7 Å². The minimum Gasteiger partial charge on any atom is -0.480 e. The predicted octanol–water partition coefficient (Wildman–Crippen LogP) is 0.946. The van der Waals surface area contributed by atoms with Gasteiger partial charge >= 0.3 is 12.0 Å². The first-order valence-corrected chi connectivity index (χ1v) is 6.36. The Morgan fingerprint density at radius 1 is 1.17 bits per heavy atom. The number of aliphatic hydroxyl groups excluding tert-OH is 1. The van der Waals surface area contributed by atoms with Gasteiger partial charge in [-0.05, 0) is 12.8 Å². The lowest BCUT2D eigenvalue weighted by Gasteiger charge is -2.23. The van der Waals surface area contributed by atoms with Crippen molar-refractivity contribution in [2.45, 2.75) is 52.1 Å². The number of aliphatic carboxylic acids is 1. The van der Waals surface area contributed by atoms with Crippen LogP contribution in [0.25, 0.3) is 0 Å². The van der Waals surface area contributed by atoms with E-state index in [1.165, 1.54) is 0 Å². The molecule has 2 amide bonds. The van der Waals surface area contributed by atoms with Gasteiger partial charge in [0, 0.05) is 19.1 Å².